The van der Waals surface area contributed by atoms with Crippen molar-refractivity contribution in [2.75, 3.05) is 13.1 Å². The van der Waals surface area contributed by atoms with Gasteiger partial charge in [-0.25, -0.2) is 4.79 Å². The van der Waals surface area contributed by atoms with Gasteiger partial charge in [-0.2, -0.15) is 0 Å². The molecule has 5 heteroatoms. The molecule has 0 unspecified atom stereocenters. The third kappa shape index (κ3) is 4.38. The highest BCUT2D eigenvalue weighted by Crippen LogP contribution is 2.28. The van der Waals surface area contributed by atoms with Gasteiger partial charge in [0.1, 0.15) is 0 Å². The quantitative estimate of drug-likeness (QED) is 0.879. The second-order valence-corrected chi connectivity index (χ2v) is 6.42. The Morgan fingerprint density at radius 2 is 1.60 bits per heavy atom. The lowest BCUT2D eigenvalue weighted by Crippen LogP contribution is -2.40. The molecule has 0 aliphatic carbocycles. The highest BCUT2D eigenvalue weighted by atomic mass is 16.2. The molecule has 0 spiro atoms. The minimum absolute atomic E-state index is 0.00553. The van der Waals surface area contributed by atoms with E-state index in [1.165, 1.54) is 0 Å². The van der Waals surface area contributed by atoms with E-state index in [4.69, 9.17) is 5.73 Å². The first-order chi connectivity index (χ1) is 12.1. The van der Waals surface area contributed by atoms with Gasteiger partial charge in [0.15, 0.2) is 0 Å². The Bertz CT molecular complexity index is 679. The Labute approximate surface area is 147 Å². The van der Waals surface area contributed by atoms with E-state index in [-0.39, 0.29) is 17.9 Å². The fraction of sp³-hybridized carbons (Fsp3) is 0.300. The van der Waals surface area contributed by atoms with E-state index in [0.717, 1.165) is 17.5 Å². The third-order valence-corrected chi connectivity index (χ3v) is 4.66. The molecular weight excluding hydrogens is 314 g/mol. The molecule has 1 saturated heterocycles. The van der Waals surface area contributed by atoms with Crippen molar-refractivity contribution in [1.82, 2.24) is 10.2 Å². The number of nitrogens with one attached hydrogen (secondary N) is 1. The van der Waals surface area contributed by atoms with E-state index in [9.17, 15) is 9.59 Å². The first-order valence-electron chi connectivity index (χ1n) is 8.57. The molecule has 1 atom stereocenters. The van der Waals surface area contributed by atoms with Crippen LogP contribution in [0.3, 0.4) is 0 Å². The number of carbonyl (C=O) groups is 2. The van der Waals surface area contributed by atoms with Crippen LogP contribution >= 0.6 is 0 Å². The molecule has 1 fully saturated rings. The monoisotopic (exact) mass is 337 g/mol. The van der Waals surface area contributed by atoms with Gasteiger partial charge in [0, 0.05) is 31.5 Å². The third-order valence-electron chi connectivity index (χ3n) is 4.66. The van der Waals surface area contributed by atoms with Gasteiger partial charge in [-0.05, 0) is 17.5 Å². The van der Waals surface area contributed by atoms with Crippen LogP contribution in [0.1, 0.15) is 29.9 Å². The Morgan fingerprint density at radius 1 is 1.04 bits per heavy atom. The maximum atomic E-state index is 12.6. The maximum absolute atomic E-state index is 12.6. The van der Waals surface area contributed by atoms with E-state index in [0.29, 0.717) is 19.5 Å². The minimum Gasteiger partial charge on any atom is -0.351 e. The molecule has 130 valence electrons. The average molecular weight is 337 g/mol. The number of amides is 3. The van der Waals surface area contributed by atoms with Crippen LogP contribution in [0.25, 0.3) is 0 Å². The predicted octanol–water partition coefficient (Wildman–Crippen LogP) is 2.48. The Kier molecular flexibility index (Phi) is 5.33. The van der Waals surface area contributed by atoms with Gasteiger partial charge < -0.3 is 16.0 Å². The standard InChI is InChI=1S/C20H23N3O2/c21-20(25)23-12-11-17(14-23)22-19(24)13-18(15-7-3-1-4-8-15)16-9-5-2-6-10-16/h1-10,17-18H,11-14H2,(H2,21,25)(H,22,24)/t17-/m1/s1. The highest BCUT2D eigenvalue weighted by molar-refractivity contribution is 5.78. The van der Waals surface area contributed by atoms with E-state index in [1.807, 2.05) is 36.4 Å². The summed E-state index contributed by atoms with van der Waals surface area (Å²) in [5.41, 5.74) is 7.54. The lowest BCUT2D eigenvalue weighted by molar-refractivity contribution is -0.121. The number of urea groups is 1. The molecule has 3 N–H and O–H groups in total. The van der Waals surface area contributed by atoms with Crippen molar-refractivity contribution < 1.29 is 9.59 Å². The van der Waals surface area contributed by atoms with Crippen molar-refractivity contribution in [2.24, 2.45) is 5.73 Å². The van der Waals surface area contributed by atoms with Crippen molar-refractivity contribution in [3.8, 4) is 0 Å². The molecule has 2 aromatic carbocycles. The van der Waals surface area contributed by atoms with Crippen LogP contribution < -0.4 is 11.1 Å². The van der Waals surface area contributed by atoms with E-state index < -0.39 is 6.03 Å². The summed E-state index contributed by atoms with van der Waals surface area (Å²) in [6, 6.07) is 19.7. The molecule has 3 amide bonds. The smallest absolute Gasteiger partial charge is 0.314 e. The largest absolute Gasteiger partial charge is 0.351 e. The van der Waals surface area contributed by atoms with E-state index in [1.54, 1.807) is 4.90 Å². The molecule has 1 aliphatic rings. The van der Waals surface area contributed by atoms with Gasteiger partial charge in [-0.3, -0.25) is 4.79 Å². The van der Waals surface area contributed by atoms with Gasteiger partial charge >= 0.3 is 6.03 Å². The summed E-state index contributed by atoms with van der Waals surface area (Å²) in [5, 5.41) is 3.05. The van der Waals surface area contributed by atoms with Crippen LogP contribution in [0.2, 0.25) is 0 Å². The molecular formula is C20H23N3O2. The summed E-state index contributed by atoms with van der Waals surface area (Å²) in [4.78, 5) is 25.4. The van der Waals surface area contributed by atoms with Crippen molar-refractivity contribution in [3.63, 3.8) is 0 Å². The van der Waals surface area contributed by atoms with Gasteiger partial charge in [0.2, 0.25) is 5.91 Å². The summed E-state index contributed by atoms with van der Waals surface area (Å²) < 4.78 is 0. The van der Waals surface area contributed by atoms with Gasteiger partial charge in [-0.1, -0.05) is 60.7 Å². The topological polar surface area (TPSA) is 75.4 Å². The lowest BCUT2D eigenvalue weighted by atomic mass is 9.88. The Morgan fingerprint density at radius 3 is 2.08 bits per heavy atom. The van der Waals surface area contributed by atoms with Crippen molar-refractivity contribution in [3.05, 3.63) is 71.8 Å². The second-order valence-electron chi connectivity index (χ2n) is 6.42. The van der Waals surface area contributed by atoms with E-state index >= 15 is 0 Å². The summed E-state index contributed by atoms with van der Waals surface area (Å²) in [5.74, 6) is 0.00470. The number of rotatable bonds is 5. The zero-order chi connectivity index (χ0) is 17.6. The average Bonchev–Trinajstić information content (AvgIpc) is 3.10. The summed E-state index contributed by atoms with van der Waals surface area (Å²) in [7, 11) is 0. The van der Waals surface area contributed by atoms with Crippen molar-refractivity contribution in [2.45, 2.75) is 24.8 Å². The number of likely N-dealkylation sites (tertiary alicyclic amines) is 1. The first-order valence-corrected chi connectivity index (χ1v) is 8.57. The number of carbonyl (C=O) groups excluding carboxylic acids is 2. The fourth-order valence-electron chi connectivity index (χ4n) is 3.35. The van der Waals surface area contributed by atoms with E-state index in [2.05, 4.69) is 29.6 Å². The highest BCUT2D eigenvalue weighted by Gasteiger charge is 2.27. The molecule has 0 radical (unpaired) electrons. The van der Waals surface area contributed by atoms with Crippen LogP contribution in [0, 0.1) is 0 Å². The minimum atomic E-state index is -0.428. The molecule has 0 aromatic heterocycles. The zero-order valence-electron chi connectivity index (χ0n) is 14.1. The molecule has 25 heavy (non-hydrogen) atoms. The summed E-state index contributed by atoms with van der Waals surface area (Å²) in [6.45, 7) is 1.09. The number of nitrogens with two attached hydrogens (primary N) is 1. The Balaban J connectivity index is 1.68. The van der Waals surface area contributed by atoms with Crippen LogP contribution in [0.15, 0.2) is 60.7 Å². The Hall–Kier alpha value is -2.82. The number of hydrogen-bond acceptors (Lipinski definition) is 2. The van der Waals surface area contributed by atoms with Crippen molar-refractivity contribution >= 4 is 11.9 Å². The van der Waals surface area contributed by atoms with Crippen LogP contribution in [-0.4, -0.2) is 36.0 Å². The summed E-state index contributed by atoms with van der Waals surface area (Å²) >= 11 is 0. The normalized spacial score (nSPS) is 16.8. The maximum Gasteiger partial charge on any atom is 0.314 e. The van der Waals surface area contributed by atoms with Gasteiger partial charge in [0.25, 0.3) is 0 Å². The first kappa shape index (κ1) is 17.0. The van der Waals surface area contributed by atoms with Crippen LogP contribution in [-0.2, 0) is 4.79 Å². The molecule has 2 aromatic rings. The number of hydrogen-bond donors (Lipinski definition) is 2. The zero-order valence-corrected chi connectivity index (χ0v) is 14.1. The van der Waals surface area contributed by atoms with Crippen LogP contribution in [0.4, 0.5) is 4.79 Å². The second kappa shape index (κ2) is 7.83. The number of nitrogens with zero attached hydrogens (tertiary/aromatic N) is 1. The molecule has 5 nitrogen and oxygen atoms in total. The number of primary amides is 1. The van der Waals surface area contributed by atoms with Crippen molar-refractivity contribution in [1.29, 1.82) is 0 Å². The molecule has 1 heterocycles. The lowest BCUT2D eigenvalue weighted by Gasteiger charge is -2.20. The molecule has 3 rings (SSSR count). The number of benzene rings is 2. The summed E-state index contributed by atoms with van der Waals surface area (Å²) in [6.07, 6.45) is 1.12. The van der Waals surface area contributed by atoms with Gasteiger partial charge in [0.05, 0.1) is 0 Å². The van der Waals surface area contributed by atoms with Crippen LogP contribution in [0.5, 0.6) is 0 Å². The fourth-order valence-corrected chi connectivity index (χ4v) is 3.35. The molecule has 0 saturated carbocycles. The predicted molar refractivity (Wildman–Crippen MR) is 97.0 cm³/mol. The molecule has 1 aliphatic heterocycles. The van der Waals surface area contributed by atoms with Gasteiger partial charge in [-0.15, -0.1) is 0 Å². The molecule has 0 bridgehead atoms. The SMILES string of the molecule is NC(=O)N1CC[C@@H](NC(=O)CC(c2ccccc2)c2ccccc2)C1.